The van der Waals surface area contributed by atoms with Gasteiger partial charge in [-0.3, -0.25) is 0 Å². The van der Waals surface area contributed by atoms with Gasteiger partial charge in [-0.2, -0.15) is 0 Å². The van der Waals surface area contributed by atoms with Crippen LogP contribution in [0, 0.1) is 0 Å². The normalized spacial score (nSPS) is 13.1. The van der Waals surface area contributed by atoms with Gasteiger partial charge in [0.2, 0.25) is 0 Å². The highest BCUT2D eigenvalue weighted by Crippen LogP contribution is 2.28. The Hall–Kier alpha value is -1.32. The lowest BCUT2D eigenvalue weighted by molar-refractivity contribution is 0.533. The van der Waals surface area contributed by atoms with E-state index in [-0.39, 0.29) is 0 Å². The van der Waals surface area contributed by atoms with Crippen LogP contribution in [0.4, 0.5) is 0 Å². The Kier molecular flexibility index (Phi) is 3.82. The van der Waals surface area contributed by atoms with Gasteiger partial charge in [0.05, 0.1) is 0 Å². The van der Waals surface area contributed by atoms with Gasteiger partial charge in [-0.05, 0) is 38.1 Å². The maximum atomic E-state index is 5.59. The molecule has 0 radical (unpaired) electrons. The molecule has 17 heavy (non-hydrogen) atoms. The average Bonchev–Trinajstić information content (AvgIpc) is 2.69. The molecule has 0 aliphatic rings. The van der Waals surface area contributed by atoms with Crippen LogP contribution in [0.3, 0.4) is 0 Å². The molecule has 3 nitrogen and oxygen atoms in total. The third kappa shape index (κ3) is 2.35. The van der Waals surface area contributed by atoms with Crippen molar-refractivity contribution in [3.8, 4) is 0 Å². The summed E-state index contributed by atoms with van der Waals surface area (Å²) in [6.07, 6.45) is 4.36. The number of aromatic nitrogens is 1. The van der Waals surface area contributed by atoms with E-state index in [9.17, 15) is 0 Å². The van der Waals surface area contributed by atoms with Crippen LogP contribution in [0.2, 0.25) is 0 Å². The molecule has 0 fully saturated rings. The van der Waals surface area contributed by atoms with Gasteiger partial charge in [-0.15, -0.1) is 0 Å². The predicted molar refractivity (Wildman–Crippen MR) is 73.0 cm³/mol. The van der Waals surface area contributed by atoms with Gasteiger partial charge in [-0.25, -0.2) is 0 Å². The zero-order chi connectivity index (χ0) is 12.3. The van der Waals surface area contributed by atoms with E-state index in [0.717, 1.165) is 19.4 Å². The molecule has 1 atom stereocenters. The summed E-state index contributed by atoms with van der Waals surface area (Å²) in [6, 6.07) is 8.93. The van der Waals surface area contributed by atoms with Crippen LogP contribution in [0.15, 0.2) is 30.5 Å². The van der Waals surface area contributed by atoms with E-state index in [0.29, 0.717) is 6.04 Å². The number of hydrogen-bond donors (Lipinski definition) is 2. The number of benzene rings is 1. The van der Waals surface area contributed by atoms with E-state index in [2.05, 4.69) is 47.4 Å². The van der Waals surface area contributed by atoms with Crippen LogP contribution in [0.5, 0.6) is 0 Å². The van der Waals surface area contributed by atoms with Gasteiger partial charge >= 0.3 is 0 Å². The third-order valence-corrected chi connectivity index (χ3v) is 3.35. The summed E-state index contributed by atoms with van der Waals surface area (Å²) in [6.45, 7) is 0.753. The number of nitrogens with two attached hydrogens (primary N) is 1. The topological polar surface area (TPSA) is 43.0 Å². The van der Waals surface area contributed by atoms with Gasteiger partial charge < -0.3 is 15.6 Å². The number of fused-ring (bicyclic) bond motifs is 1. The first kappa shape index (κ1) is 12.1. The molecule has 1 heterocycles. The number of nitrogens with one attached hydrogen (secondary N) is 1. The molecule has 3 N–H and O–H groups in total. The van der Waals surface area contributed by atoms with Crippen LogP contribution in [-0.4, -0.2) is 18.2 Å². The average molecular weight is 231 g/mol. The van der Waals surface area contributed by atoms with Gasteiger partial charge in [0.15, 0.2) is 0 Å². The highest BCUT2D eigenvalue weighted by molar-refractivity contribution is 5.84. The Morgan fingerprint density at radius 2 is 2.12 bits per heavy atom. The Balaban J connectivity index is 2.39. The summed E-state index contributed by atoms with van der Waals surface area (Å²) in [5.74, 6) is 0. The SMILES string of the molecule is CNC(CCCN)c1cn(C)c2ccccc12. The van der Waals surface area contributed by atoms with Crippen LogP contribution >= 0.6 is 0 Å². The molecule has 0 saturated carbocycles. The fraction of sp³-hybridized carbons (Fsp3) is 0.429. The minimum absolute atomic E-state index is 0.393. The standard InChI is InChI=1S/C14H21N3/c1-16-13(7-5-9-15)12-10-17(2)14-8-4-3-6-11(12)14/h3-4,6,8,10,13,16H,5,7,9,15H2,1-2H3. The monoisotopic (exact) mass is 231 g/mol. The molecule has 0 bridgehead atoms. The molecule has 0 spiro atoms. The second-order valence-corrected chi connectivity index (χ2v) is 4.48. The Morgan fingerprint density at radius 3 is 2.82 bits per heavy atom. The molecular formula is C14H21N3. The molecular weight excluding hydrogens is 210 g/mol. The van der Waals surface area contributed by atoms with Gasteiger partial charge in [0.1, 0.15) is 0 Å². The highest BCUT2D eigenvalue weighted by Gasteiger charge is 2.14. The number of rotatable bonds is 5. The van der Waals surface area contributed by atoms with Crippen molar-refractivity contribution in [3.63, 3.8) is 0 Å². The zero-order valence-electron chi connectivity index (χ0n) is 10.6. The van der Waals surface area contributed by atoms with E-state index in [4.69, 9.17) is 5.73 Å². The smallest absolute Gasteiger partial charge is 0.0481 e. The number of aryl methyl sites for hydroxylation is 1. The minimum atomic E-state index is 0.393. The molecule has 1 aromatic carbocycles. The maximum Gasteiger partial charge on any atom is 0.0481 e. The fourth-order valence-corrected chi connectivity index (χ4v) is 2.43. The van der Waals surface area contributed by atoms with Crippen molar-refractivity contribution < 1.29 is 0 Å². The molecule has 92 valence electrons. The van der Waals surface area contributed by atoms with Gasteiger partial charge in [0, 0.05) is 30.2 Å². The molecule has 2 rings (SSSR count). The van der Waals surface area contributed by atoms with Crippen molar-refractivity contribution in [2.75, 3.05) is 13.6 Å². The molecule has 0 aliphatic heterocycles. The quantitative estimate of drug-likeness (QED) is 0.828. The molecule has 0 aliphatic carbocycles. The van der Waals surface area contributed by atoms with E-state index in [1.807, 2.05) is 7.05 Å². The second-order valence-electron chi connectivity index (χ2n) is 4.48. The number of hydrogen-bond acceptors (Lipinski definition) is 2. The Morgan fingerprint density at radius 1 is 1.35 bits per heavy atom. The van der Waals surface area contributed by atoms with Crippen LogP contribution in [-0.2, 0) is 7.05 Å². The minimum Gasteiger partial charge on any atom is -0.350 e. The van der Waals surface area contributed by atoms with Crippen molar-refractivity contribution in [1.29, 1.82) is 0 Å². The van der Waals surface area contributed by atoms with Gasteiger partial charge in [0.25, 0.3) is 0 Å². The van der Waals surface area contributed by atoms with Crippen molar-refractivity contribution in [3.05, 3.63) is 36.0 Å². The van der Waals surface area contributed by atoms with Gasteiger partial charge in [-0.1, -0.05) is 18.2 Å². The first-order valence-electron chi connectivity index (χ1n) is 6.19. The third-order valence-electron chi connectivity index (χ3n) is 3.35. The van der Waals surface area contributed by atoms with Crippen molar-refractivity contribution in [1.82, 2.24) is 9.88 Å². The molecule has 0 amide bonds. The second kappa shape index (κ2) is 5.34. The molecule has 3 heteroatoms. The first-order valence-corrected chi connectivity index (χ1v) is 6.19. The largest absolute Gasteiger partial charge is 0.350 e. The van der Waals surface area contributed by atoms with E-state index in [1.54, 1.807) is 0 Å². The summed E-state index contributed by atoms with van der Waals surface area (Å²) in [5.41, 5.74) is 8.26. The lowest BCUT2D eigenvalue weighted by Gasteiger charge is -2.15. The molecule has 1 aromatic heterocycles. The fourth-order valence-electron chi connectivity index (χ4n) is 2.43. The molecule has 1 unspecified atom stereocenters. The van der Waals surface area contributed by atoms with E-state index < -0.39 is 0 Å². The van der Waals surface area contributed by atoms with Crippen molar-refractivity contribution in [2.24, 2.45) is 12.8 Å². The maximum absolute atomic E-state index is 5.59. The number of para-hydroxylation sites is 1. The summed E-state index contributed by atoms with van der Waals surface area (Å²) < 4.78 is 2.19. The number of nitrogens with zero attached hydrogens (tertiary/aromatic N) is 1. The van der Waals surface area contributed by atoms with Crippen LogP contribution in [0.1, 0.15) is 24.4 Å². The van der Waals surface area contributed by atoms with E-state index in [1.165, 1.54) is 16.5 Å². The van der Waals surface area contributed by atoms with E-state index >= 15 is 0 Å². The first-order chi connectivity index (χ1) is 8.27. The predicted octanol–water partition coefficient (Wildman–Crippen LogP) is 2.18. The molecule has 2 aromatic rings. The van der Waals surface area contributed by atoms with Crippen LogP contribution < -0.4 is 11.1 Å². The lowest BCUT2D eigenvalue weighted by Crippen LogP contribution is -2.17. The zero-order valence-corrected chi connectivity index (χ0v) is 10.6. The van der Waals surface area contributed by atoms with Crippen LogP contribution in [0.25, 0.3) is 10.9 Å². The highest BCUT2D eigenvalue weighted by atomic mass is 14.9. The lowest BCUT2D eigenvalue weighted by atomic mass is 10.0. The summed E-state index contributed by atoms with van der Waals surface area (Å²) >= 11 is 0. The summed E-state index contributed by atoms with van der Waals surface area (Å²) in [4.78, 5) is 0. The summed E-state index contributed by atoms with van der Waals surface area (Å²) in [7, 11) is 4.12. The Labute approximate surface area is 103 Å². The Bertz CT molecular complexity index is 487. The molecule has 0 saturated heterocycles. The van der Waals surface area contributed by atoms with Crippen molar-refractivity contribution in [2.45, 2.75) is 18.9 Å². The summed E-state index contributed by atoms with van der Waals surface area (Å²) in [5, 5.41) is 4.73. The van der Waals surface area contributed by atoms with Crippen molar-refractivity contribution >= 4 is 10.9 Å².